The van der Waals surface area contributed by atoms with E-state index < -0.39 is 0 Å². The molecular formula is C10H12ClNOS. The van der Waals surface area contributed by atoms with E-state index in [4.69, 9.17) is 17.3 Å². The Morgan fingerprint density at radius 3 is 2.86 bits per heavy atom. The highest BCUT2D eigenvalue weighted by Crippen LogP contribution is 2.43. The third-order valence-electron chi connectivity index (χ3n) is 2.65. The van der Waals surface area contributed by atoms with E-state index in [1.165, 1.54) is 35.5 Å². The molecule has 1 aliphatic carbocycles. The maximum atomic E-state index is 11.3. The summed E-state index contributed by atoms with van der Waals surface area (Å²) in [5.41, 5.74) is 5.30. The van der Waals surface area contributed by atoms with Crippen LogP contribution >= 0.6 is 22.9 Å². The molecule has 1 aromatic heterocycles. The highest BCUT2D eigenvalue weighted by atomic mass is 35.5. The third-order valence-corrected chi connectivity index (χ3v) is 4.41. The van der Waals surface area contributed by atoms with Crippen LogP contribution in [0.25, 0.3) is 0 Å². The summed E-state index contributed by atoms with van der Waals surface area (Å²) in [6.07, 6.45) is 3.69. The lowest BCUT2D eigenvalue weighted by atomic mass is 9.84. The Morgan fingerprint density at radius 1 is 1.64 bits per heavy atom. The Labute approximate surface area is 92.1 Å². The first-order valence-electron chi connectivity index (χ1n) is 4.75. The van der Waals surface area contributed by atoms with Crippen LogP contribution in [0.15, 0.2) is 6.07 Å². The normalized spacial score (nSPS) is 16.7. The third kappa shape index (κ3) is 1.72. The molecule has 0 atom stereocenters. The first kappa shape index (κ1) is 10.1. The van der Waals surface area contributed by atoms with E-state index in [1.807, 2.05) is 0 Å². The van der Waals surface area contributed by atoms with E-state index in [1.54, 1.807) is 6.07 Å². The Bertz CT molecular complexity index is 357. The molecular weight excluding hydrogens is 218 g/mol. The molecule has 1 fully saturated rings. The number of ketones is 1. The van der Waals surface area contributed by atoms with Gasteiger partial charge in [0, 0.05) is 4.88 Å². The minimum Gasteiger partial charge on any atom is -0.324 e. The highest BCUT2D eigenvalue weighted by Gasteiger charge is 2.25. The average molecular weight is 230 g/mol. The zero-order chi connectivity index (χ0) is 10.1. The van der Waals surface area contributed by atoms with Crippen molar-refractivity contribution in [3.05, 3.63) is 20.8 Å². The molecule has 0 aliphatic heterocycles. The molecule has 0 bridgehead atoms. The molecule has 1 aromatic rings. The molecule has 0 saturated heterocycles. The van der Waals surface area contributed by atoms with Gasteiger partial charge in [-0.2, -0.15) is 0 Å². The molecule has 1 heterocycles. The van der Waals surface area contributed by atoms with Gasteiger partial charge < -0.3 is 5.73 Å². The van der Waals surface area contributed by atoms with Gasteiger partial charge in [-0.3, -0.25) is 4.79 Å². The number of hydrogen-bond acceptors (Lipinski definition) is 3. The van der Waals surface area contributed by atoms with Crippen molar-refractivity contribution in [3.8, 4) is 0 Å². The summed E-state index contributed by atoms with van der Waals surface area (Å²) in [4.78, 5) is 13.2. The average Bonchev–Trinajstić information content (AvgIpc) is 2.44. The Hall–Kier alpha value is -0.380. The fraction of sp³-hybridized carbons (Fsp3) is 0.500. The summed E-state index contributed by atoms with van der Waals surface area (Å²) < 4.78 is 0. The fourth-order valence-corrected chi connectivity index (χ4v) is 3.18. The quantitative estimate of drug-likeness (QED) is 0.810. The lowest BCUT2D eigenvalue weighted by Gasteiger charge is -2.24. The smallest absolute Gasteiger partial charge is 0.186 e. The van der Waals surface area contributed by atoms with Gasteiger partial charge in [0.15, 0.2) is 5.78 Å². The number of halogens is 1. The van der Waals surface area contributed by atoms with Crippen molar-refractivity contribution in [3.63, 3.8) is 0 Å². The van der Waals surface area contributed by atoms with Gasteiger partial charge in [-0.25, -0.2) is 0 Å². The molecule has 2 nitrogen and oxygen atoms in total. The SMILES string of the molecule is NCC(=O)c1cc(Cl)c(C2CCC2)s1. The van der Waals surface area contributed by atoms with E-state index >= 15 is 0 Å². The highest BCUT2D eigenvalue weighted by molar-refractivity contribution is 7.14. The molecule has 14 heavy (non-hydrogen) atoms. The van der Waals surface area contributed by atoms with Gasteiger partial charge in [-0.05, 0) is 24.8 Å². The predicted molar refractivity (Wildman–Crippen MR) is 59.3 cm³/mol. The van der Waals surface area contributed by atoms with Crippen LogP contribution in [-0.4, -0.2) is 12.3 Å². The molecule has 2 rings (SSSR count). The molecule has 0 radical (unpaired) electrons. The Kier molecular flexibility index (Phi) is 2.91. The summed E-state index contributed by atoms with van der Waals surface area (Å²) >= 11 is 7.59. The summed E-state index contributed by atoms with van der Waals surface area (Å²) in [6.45, 7) is 0.0704. The van der Waals surface area contributed by atoms with Crippen LogP contribution in [-0.2, 0) is 0 Å². The van der Waals surface area contributed by atoms with Crippen molar-refractivity contribution < 1.29 is 4.79 Å². The van der Waals surface area contributed by atoms with Crippen LogP contribution in [0.1, 0.15) is 39.7 Å². The Morgan fingerprint density at radius 2 is 2.36 bits per heavy atom. The minimum absolute atomic E-state index is 0.0116. The van der Waals surface area contributed by atoms with E-state index in [9.17, 15) is 4.79 Å². The molecule has 0 aromatic carbocycles. The molecule has 4 heteroatoms. The summed E-state index contributed by atoms with van der Waals surface area (Å²) in [7, 11) is 0. The zero-order valence-corrected chi connectivity index (χ0v) is 9.33. The van der Waals surface area contributed by atoms with Crippen molar-refractivity contribution in [1.82, 2.24) is 0 Å². The van der Waals surface area contributed by atoms with Crippen molar-refractivity contribution >= 4 is 28.7 Å². The summed E-state index contributed by atoms with van der Waals surface area (Å²) in [6, 6.07) is 1.76. The van der Waals surface area contributed by atoms with Crippen molar-refractivity contribution in [2.75, 3.05) is 6.54 Å². The number of nitrogens with two attached hydrogens (primary N) is 1. The first-order chi connectivity index (χ1) is 6.72. The van der Waals surface area contributed by atoms with Gasteiger partial charge in [0.25, 0.3) is 0 Å². The van der Waals surface area contributed by atoms with Gasteiger partial charge in [0.2, 0.25) is 0 Å². The number of carbonyl (C=O) groups excluding carboxylic acids is 1. The van der Waals surface area contributed by atoms with Crippen LogP contribution < -0.4 is 5.73 Å². The minimum atomic E-state index is -0.0116. The van der Waals surface area contributed by atoms with Crippen LogP contribution in [0.2, 0.25) is 5.02 Å². The van der Waals surface area contributed by atoms with Gasteiger partial charge in [0.05, 0.1) is 16.4 Å². The monoisotopic (exact) mass is 229 g/mol. The van der Waals surface area contributed by atoms with E-state index in [0.29, 0.717) is 10.8 Å². The van der Waals surface area contributed by atoms with Crippen LogP contribution in [0.5, 0.6) is 0 Å². The fourth-order valence-electron chi connectivity index (χ4n) is 1.57. The standard InChI is InChI=1S/C10H12ClNOS/c11-7-4-9(8(13)5-12)14-10(7)6-2-1-3-6/h4,6H,1-3,5,12H2. The topological polar surface area (TPSA) is 43.1 Å². The van der Waals surface area contributed by atoms with Crippen LogP contribution in [0.3, 0.4) is 0 Å². The molecule has 0 amide bonds. The molecule has 0 unspecified atom stereocenters. The second-order valence-corrected chi connectivity index (χ2v) is 5.07. The van der Waals surface area contributed by atoms with E-state index in [0.717, 1.165) is 5.02 Å². The lowest BCUT2D eigenvalue weighted by molar-refractivity contribution is 0.100. The number of rotatable bonds is 3. The van der Waals surface area contributed by atoms with Crippen molar-refractivity contribution in [2.45, 2.75) is 25.2 Å². The second-order valence-electron chi connectivity index (χ2n) is 3.58. The van der Waals surface area contributed by atoms with Gasteiger partial charge in [0.1, 0.15) is 0 Å². The zero-order valence-electron chi connectivity index (χ0n) is 7.75. The maximum Gasteiger partial charge on any atom is 0.186 e. The lowest BCUT2D eigenvalue weighted by Crippen LogP contribution is -2.11. The predicted octanol–water partition coefficient (Wildman–Crippen LogP) is 2.81. The maximum absolute atomic E-state index is 11.3. The molecule has 1 aliphatic rings. The number of carbonyl (C=O) groups is 1. The van der Waals surface area contributed by atoms with Gasteiger partial charge >= 0.3 is 0 Å². The van der Waals surface area contributed by atoms with Gasteiger partial charge in [-0.1, -0.05) is 18.0 Å². The number of Topliss-reactive ketones (excluding diaryl/α,β-unsaturated/α-hetero) is 1. The largest absolute Gasteiger partial charge is 0.324 e. The van der Waals surface area contributed by atoms with E-state index in [2.05, 4.69) is 0 Å². The van der Waals surface area contributed by atoms with Gasteiger partial charge in [-0.15, -0.1) is 11.3 Å². The molecule has 2 N–H and O–H groups in total. The second kappa shape index (κ2) is 4.01. The number of thiophene rings is 1. The van der Waals surface area contributed by atoms with Crippen molar-refractivity contribution in [2.24, 2.45) is 5.73 Å². The van der Waals surface area contributed by atoms with Crippen molar-refractivity contribution in [1.29, 1.82) is 0 Å². The molecule has 1 saturated carbocycles. The number of hydrogen-bond donors (Lipinski definition) is 1. The van der Waals surface area contributed by atoms with Crippen LogP contribution in [0, 0.1) is 0 Å². The van der Waals surface area contributed by atoms with Crippen LogP contribution in [0.4, 0.5) is 0 Å². The molecule has 0 spiro atoms. The summed E-state index contributed by atoms with van der Waals surface area (Å²) in [5.74, 6) is 0.578. The Balaban J connectivity index is 2.24. The van der Waals surface area contributed by atoms with E-state index in [-0.39, 0.29) is 12.3 Å². The molecule has 76 valence electrons. The summed E-state index contributed by atoms with van der Waals surface area (Å²) in [5, 5.41) is 0.747. The first-order valence-corrected chi connectivity index (χ1v) is 5.94.